The molecule has 5 rings (SSSR count). The topological polar surface area (TPSA) is 74.6 Å². The first-order valence-electron chi connectivity index (χ1n) is 12.7. The molecule has 8 nitrogen and oxygen atoms in total. The van der Waals surface area contributed by atoms with Gasteiger partial charge in [-0.1, -0.05) is 36.4 Å². The van der Waals surface area contributed by atoms with Crippen LogP contribution >= 0.6 is 0 Å². The quantitative estimate of drug-likeness (QED) is 0.455. The molecule has 8 heteroatoms. The molecule has 0 unspecified atom stereocenters. The molecule has 0 bridgehead atoms. The minimum atomic E-state index is -0.776. The fourth-order valence-corrected chi connectivity index (χ4v) is 5.56. The minimum absolute atomic E-state index is 0.0353. The number of amides is 3. The SMILES string of the molecule is Cc1nn(C)cc1CN1CCC2(CC1)C(=O)N(CCCc1cccnc1)C(=O)N2Cc1ccccc1. The van der Waals surface area contributed by atoms with E-state index in [1.165, 1.54) is 10.5 Å². The van der Waals surface area contributed by atoms with Crippen molar-refractivity contribution in [2.75, 3.05) is 19.6 Å². The van der Waals surface area contributed by atoms with Gasteiger partial charge < -0.3 is 4.90 Å². The number of pyridine rings is 1. The van der Waals surface area contributed by atoms with Crippen molar-refractivity contribution in [2.45, 2.75) is 51.2 Å². The first kappa shape index (κ1) is 24.2. The number of likely N-dealkylation sites (tertiary alicyclic amines) is 1. The van der Waals surface area contributed by atoms with Crippen molar-refractivity contribution in [2.24, 2.45) is 7.05 Å². The molecule has 0 atom stereocenters. The van der Waals surface area contributed by atoms with E-state index in [4.69, 9.17) is 0 Å². The first-order chi connectivity index (χ1) is 17.5. The second-order valence-electron chi connectivity index (χ2n) is 10.00. The number of carbonyl (C=O) groups is 2. The van der Waals surface area contributed by atoms with E-state index in [0.29, 0.717) is 25.9 Å². The van der Waals surface area contributed by atoms with Crippen LogP contribution in [0.3, 0.4) is 0 Å². The monoisotopic (exact) mass is 486 g/mol. The summed E-state index contributed by atoms with van der Waals surface area (Å²) < 4.78 is 1.85. The summed E-state index contributed by atoms with van der Waals surface area (Å²) in [4.78, 5) is 37.4. The number of rotatable bonds is 8. The molecule has 2 aromatic heterocycles. The number of urea groups is 1. The normalized spacial score (nSPS) is 17.9. The van der Waals surface area contributed by atoms with Crippen molar-refractivity contribution in [3.8, 4) is 0 Å². The van der Waals surface area contributed by atoms with Crippen LogP contribution in [0.1, 0.15) is 41.6 Å². The van der Waals surface area contributed by atoms with Crippen LogP contribution < -0.4 is 0 Å². The van der Waals surface area contributed by atoms with Gasteiger partial charge in [0.1, 0.15) is 5.54 Å². The van der Waals surface area contributed by atoms with Crippen molar-refractivity contribution in [3.63, 3.8) is 0 Å². The zero-order chi connectivity index (χ0) is 25.1. The van der Waals surface area contributed by atoms with E-state index in [0.717, 1.165) is 49.3 Å². The van der Waals surface area contributed by atoms with Gasteiger partial charge in [-0.25, -0.2) is 4.79 Å². The highest BCUT2D eigenvalue weighted by molar-refractivity contribution is 6.07. The lowest BCUT2D eigenvalue weighted by atomic mass is 9.85. The molecule has 3 aromatic rings. The Morgan fingerprint density at radius 2 is 1.72 bits per heavy atom. The Morgan fingerprint density at radius 1 is 0.972 bits per heavy atom. The Balaban J connectivity index is 1.32. The molecule has 188 valence electrons. The molecule has 2 aliphatic heterocycles. The number of imide groups is 1. The summed E-state index contributed by atoms with van der Waals surface area (Å²) in [5.74, 6) is -0.0353. The smallest absolute Gasteiger partial charge is 0.305 e. The molecule has 0 radical (unpaired) electrons. The van der Waals surface area contributed by atoms with Crippen LogP contribution in [0.4, 0.5) is 4.79 Å². The Labute approximate surface area is 212 Å². The van der Waals surface area contributed by atoms with Gasteiger partial charge in [0, 0.05) is 63.9 Å². The zero-order valence-electron chi connectivity index (χ0n) is 21.1. The average molecular weight is 487 g/mol. The lowest BCUT2D eigenvalue weighted by Crippen LogP contribution is -2.56. The van der Waals surface area contributed by atoms with Gasteiger partial charge in [-0.15, -0.1) is 0 Å². The molecule has 2 fully saturated rings. The summed E-state index contributed by atoms with van der Waals surface area (Å²) in [5.41, 5.74) is 3.63. The fraction of sp³-hybridized carbons (Fsp3) is 0.429. The van der Waals surface area contributed by atoms with Crippen LogP contribution in [0.2, 0.25) is 0 Å². The Bertz CT molecular complexity index is 1200. The molecule has 3 amide bonds. The van der Waals surface area contributed by atoms with Crippen LogP contribution in [-0.4, -0.2) is 66.6 Å². The van der Waals surface area contributed by atoms with E-state index < -0.39 is 5.54 Å². The van der Waals surface area contributed by atoms with Gasteiger partial charge >= 0.3 is 6.03 Å². The van der Waals surface area contributed by atoms with Crippen molar-refractivity contribution in [3.05, 3.63) is 83.4 Å². The maximum Gasteiger partial charge on any atom is 0.327 e. The Morgan fingerprint density at radius 3 is 2.39 bits per heavy atom. The lowest BCUT2D eigenvalue weighted by molar-refractivity contribution is -0.136. The maximum atomic E-state index is 13.9. The second kappa shape index (κ2) is 10.2. The van der Waals surface area contributed by atoms with E-state index in [2.05, 4.69) is 21.2 Å². The summed E-state index contributed by atoms with van der Waals surface area (Å²) in [6, 6.07) is 13.8. The summed E-state index contributed by atoms with van der Waals surface area (Å²) in [7, 11) is 1.94. The zero-order valence-corrected chi connectivity index (χ0v) is 21.1. The number of piperidine rings is 1. The van der Waals surface area contributed by atoms with Crippen molar-refractivity contribution >= 4 is 11.9 Å². The predicted molar refractivity (Wildman–Crippen MR) is 137 cm³/mol. The van der Waals surface area contributed by atoms with Gasteiger partial charge in [0.2, 0.25) is 0 Å². The molecule has 1 aromatic carbocycles. The molecule has 2 saturated heterocycles. The molecule has 2 aliphatic rings. The molecule has 0 aliphatic carbocycles. The number of benzene rings is 1. The third-order valence-corrected chi connectivity index (χ3v) is 7.57. The van der Waals surface area contributed by atoms with Crippen LogP contribution in [0.25, 0.3) is 0 Å². The van der Waals surface area contributed by atoms with Gasteiger partial charge in [0.05, 0.1) is 5.69 Å². The highest BCUT2D eigenvalue weighted by atomic mass is 16.2. The Kier molecular flexibility index (Phi) is 6.87. The lowest BCUT2D eigenvalue weighted by Gasteiger charge is -2.42. The summed E-state index contributed by atoms with van der Waals surface area (Å²) in [6.45, 7) is 5.26. The van der Waals surface area contributed by atoms with E-state index in [1.807, 2.05) is 72.2 Å². The summed E-state index contributed by atoms with van der Waals surface area (Å²) >= 11 is 0. The average Bonchev–Trinajstić information content (AvgIpc) is 3.30. The predicted octanol–water partition coefficient (Wildman–Crippen LogP) is 3.56. The van der Waals surface area contributed by atoms with Gasteiger partial charge in [0.25, 0.3) is 5.91 Å². The van der Waals surface area contributed by atoms with E-state index in [9.17, 15) is 9.59 Å². The minimum Gasteiger partial charge on any atom is -0.305 e. The van der Waals surface area contributed by atoms with Crippen molar-refractivity contribution in [1.29, 1.82) is 0 Å². The number of nitrogens with zero attached hydrogens (tertiary/aromatic N) is 6. The van der Waals surface area contributed by atoms with Crippen LogP contribution in [0.15, 0.2) is 61.1 Å². The third kappa shape index (κ3) is 4.78. The first-order valence-corrected chi connectivity index (χ1v) is 12.7. The number of carbonyl (C=O) groups excluding carboxylic acids is 2. The highest BCUT2D eigenvalue weighted by Crippen LogP contribution is 2.39. The van der Waals surface area contributed by atoms with E-state index >= 15 is 0 Å². The van der Waals surface area contributed by atoms with Gasteiger partial charge in [0.15, 0.2) is 0 Å². The van der Waals surface area contributed by atoms with Gasteiger partial charge in [-0.05, 0) is 49.8 Å². The van der Waals surface area contributed by atoms with Gasteiger partial charge in [-0.3, -0.25) is 24.3 Å². The Hall–Kier alpha value is -3.52. The molecular weight excluding hydrogens is 452 g/mol. The largest absolute Gasteiger partial charge is 0.327 e. The molecule has 36 heavy (non-hydrogen) atoms. The molecule has 0 saturated carbocycles. The van der Waals surface area contributed by atoms with Crippen LogP contribution in [0.5, 0.6) is 0 Å². The molecule has 0 N–H and O–H groups in total. The van der Waals surface area contributed by atoms with Gasteiger partial charge in [-0.2, -0.15) is 5.10 Å². The van der Waals surface area contributed by atoms with Crippen molar-refractivity contribution < 1.29 is 9.59 Å². The summed E-state index contributed by atoms with van der Waals surface area (Å²) in [5, 5.41) is 4.46. The molecule has 1 spiro atoms. The highest BCUT2D eigenvalue weighted by Gasteiger charge is 2.57. The number of hydrogen-bond donors (Lipinski definition) is 0. The third-order valence-electron chi connectivity index (χ3n) is 7.57. The molecular formula is C28H34N6O2. The maximum absolute atomic E-state index is 13.9. The second-order valence-corrected chi connectivity index (χ2v) is 10.00. The number of hydrogen-bond acceptors (Lipinski definition) is 5. The molecule has 4 heterocycles. The standard InChI is InChI=1S/C28H34N6O2/c1-22-25(20-31(2)30-22)21-32-16-12-28(13-17-32)26(35)33(15-7-11-23-10-6-14-29-18-23)27(36)34(28)19-24-8-4-3-5-9-24/h3-6,8-10,14,18,20H,7,11-13,15-17,19,21H2,1-2H3. The van der Waals surface area contributed by atoms with E-state index in [-0.39, 0.29) is 11.9 Å². The van der Waals surface area contributed by atoms with Crippen LogP contribution in [-0.2, 0) is 31.4 Å². The van der Waals surface area contributed by atoms with Crippen LogP contribution in [0, 0.1) is 6.92 Å². The number of aryl methyl sites for hydroxylation is 3. The number of aromatic nitrogens is 3. The van der Waals surface area contributed by atoms with E-state index in [1.54, 1.807) is 6.20 Å². The van der Waals surface area contributed by atoms with Crippen molar-refractivity contribution in [1.82, 2.24) is 29.5 Å². The fourth-order valence-electron chi connectivity index (χ4n) is 5.56. The summed E-state index contributed by atoms with van der Waals surface area (Å²) in [6.07, 6.45) is 8.46.